The minimum atomic E-state index is 1.05. The molecule has 0 aliphatic carbocycles. The monoisotopic (exact) mass is 273 g/mol. The van der Waals surface area contributed by atoms with E-state index in [4.69, 9.17) is 0 Å². The highest BCUT2D eigenvalue weighted by Crippen LogP contribution is 2.31. The first-order chi connectivity index (χ1) is 10.1. The van der Waals surface area contributed by atoms with E-state index in [2.05, 4.69) is 68.7 Å². The number of pyridine rings is 1. The summed E-state index contributed by atoms with van der Waals surface area (Å²) in [5.41, 5.74) is 7.21. The van der Waals surface area contributed by atoms with Crippen LogP contribution in [-0.2, 0) is 0 Å². The zero-order valence-electron chi connectivity index (χ0n) is 12.8. The van der Waals surface area contributed by atoms with Crippen LogP contribution in [0.4, 0.5) is 0 Å². The molecule has 1 heterocycles. The van der Waals surface area contributed by atoms with Gasteiger partial charge in [0.1, 0.15) is 0 Å². The fourth-order valence-corrected chi connectivity index (χ4v) is 2.99. The van der Waals surface area contributed by atoms with Gasteiger partial charge < -0.3 is 0 Å². The van der Waals surface area contributed by atoms with E-state index >= 15 is 0 Å². The van der Waals surface area contributed by atoms with Gasteiger partial charge in [-0.1, -0.05) is 42.0 Å². The Morgan fingerprint density at radius 3 is 2.29 bits per heavy atom. The Bertz CT molecular complexity index is 824. The van der Waals surface area contributed by atoms with E-state index in [-0.39, 0.29) is 0 Å². The molecule has 1 heteroatoms. The topological polar surface area (TPSA) is 12.9 Å². The lowest BCUT2D eigenvalue weighted by molar-refractivity contribution is 1.32. The molecule has 0 bridgehead atoms. The van der Waals surface area contributed by atoms with Gasteiger partial charge in [-0.2, -0.15) is 0 Å². The highest BCUT2D eigenvalue weighted by Gasteiger charge is 2.09. The van der Waals surface area contributed by atoms with Crippen molar-refractivity contribution >= 4 is 16.8 Å². The summed E-state index contributed by atoms with van der Waals surface area (Å²) in [7, 11) is 0. The second-order valence-electron chi connectivity index (χ2n) is 5.61. The highest BCUT2D eigenvalue weighted by atomic mass is 14.7. The van der Waals surface area contributed by atoms with Gasteiger partial charge in [0.05, 0.1) is 5.69 Å². The Morgan fingerprint density at radius 2 is 1.62 bits per heavy atom. The van der Waals surface area contributed by atoms with E-state index in [1.165, 1.54) is 38.6 Å². The summed E-state index contributed by atoms with van der Waals surface area (Å²) in [4.78, 5) is 4.63. The maximum Gasteiger partial charge on any atom is 0.0780 e. The molecule has 0 amide bonds. The summed E-state index contributed by atoms with van der Waals surface area (Å²) < 4.78 is 0. The van der Waals surface area contributed by atoms with E-state index in [0.29, 0.717) is 0 Å². The maximum atomic E-state index is 4.63. The third-order valence-electron chi connectivity index (χ3n) is 3.97. The Morgan fingerprint density at radius 1 is 0.905 bits per heavy atom. The lowest BCUT2D eigenvalue weighted by atomic mass is 9.96. The van der Waals surface area contributed by atoms with Crippen LogP contribution in [0, 0.1) is 20.8 Å². The summed E-state index contributed by atoms with van der Waals surface area (Å²) >= 11 is 0. The molecule has 1 aromatic heterocycles. The van der Waals surface area contributed by atoms with Crippen molar-refractivity contribution < 1.29 is 0 Å². The molecule has 104 valence electrons. The second-order valence-corrected chi connectivity index (χ2v) is 5.61. The normalized spacial score (nSPS) is 10.8. The fourth-order valence-electron chi connectivity index (χ4n) is 2.99. The van der Waals surface area contributed by atoms with Crippen molar-refractivity contribution in [2.75, 3.05) is 0 Å². The van der Waals surface area contributed by atoms with E-state index in [0.717, 1.165) is 5.69 Å². The van der Waals surface area contributed by atoms with Gasteiger partial charge in [-0.3, -0.25) is 4.98 Å². The predicted octanol–water partition coefficient (Wildman–Crippen LogP) is 5.47. The van der Waals surface area contributed by atoms with Gasteiger partial charge in [-0.15, -0.1) is 0 Å². The molecule has 3 aromatic rings. The molecule has 2 aromatic carbocycles. The minimum Gasteiger partial charge on any atom is -0.256 e. The van der Waals surface area contributed by atoms with Crippen LogP contribution in [-0.4, -0.2) is 4.98 Å². The van der Waals surface area contributed by atoms with Gasteiger partial charge in [-0.25, -0.2) is 0 Å². The van der Waals surface area contributed by atoms with Crippen molar-refractivity contribution in [2.45, 2.75) is 20.8 Å². The van der Waals surface area contributed by atoms with Crippen LogP contribution in [0.25, 0.3) is 28.1 Å². The van der Waals surface area contributed by atoms with Gasteiger partial charge in [0.2, 0.25) is 0 Å². The Labute approximate surface area is 126 Å². The number of nitrogens with zero attached hydrogens (tertiary/aromatic N) is 1. The number of rotatable bonds is 2. The summed E-state index contributed by atoms with van der Waals surface area (Å²) in [6.45, 7) is 10.3. The van der Waals surface area contributed by atoms with E-state index < -0.39 is 0 Å². The van der Waals surface area contributed by atoms with E-state index in [1.54, 1.807) is 0 Å². The summed E-state index contributed by atoms with van der Waals surface area (Å²) in [5, 5.41) is 2.45. The van der Waals surface area contributed by atoms with Crippen molar-refractivity contribution in [1.82, 2.24) is 4.98 Å². The molecule has 0 unspecified atom stereocenters. The molecule has 3 rings (SSSR count). The first kappa shape index (κ1) is 13.6. The molecule has 0 fully saturated rings. The van der Waals surface area contributed by atoms with Crippen LogP contribution in [0.3, 0.4) is 0 Å². The van der Waals surface area contributed by atoms with Crippen LogP contribution in [0.2, 0.25) is 0 Å². The van der Waals surface area contributed by atoms with Crippen molar-refractivity contribution in [2.24, 2.45) is 0 Å². The molecule has 0 atom stereocenters. The predicted molar refractivity (Wildman–Crippen MR) is 91.5 cm³/mol. The van der Waals surface area contributed by atoms with Gasteiger partial charge in [0.15, 0.2) is 0 Å². The molecule has 0 aliphatic heterocycles. The number of aryl methyl sites for hydroxylation is 3. The Hall–Kier alpha value is -2.41. The summed E-state index contributed by atoms with van der Waals surface area (Å²) in [5.74, 6) is 0. The van der Waals surface area contributed by atoms with E-state index in [1.807, 2.05) is 12.3 Å². The molecular formula is C20H19N. The van der Waals surface area contributed by atoms with Crippen LogP contribution in [0.1, 0.15) is 22.3 Å². The van der Waals surface area contributed by atoms with Gasteiger partial charge in [0.25, 0.3) is 0 Å². The number of aromatic nitrogens is 1. The third kappa shape index (κ3) is 2.36. The smallest absolute Gasteiger partial charge is 0.0780 e. The summed E-state index contributed by atoms with van der Waals surface area (Å²) in [6, 6.07) is 13.0. The number of hydrogen-bond acceptors (Lipinski definition) is 1. The largest absolute Gasteiger partial charge is 0.256 e. The van der Waals surface area contributed by atoms with Crippen molar-refractivity contribution in [3.05, 3.63) is 71.4 Å². The number of benzene rings is 2. The Kier molecular flexibility index (Phi) is 3.34. The van der Waals surface area contributed by atoms with Crippen LogP contribution < -0.4 is 0 Å². The molecular weight excluding hydrogens is 254 g/mol. The molecule has 0 radical (unpaired) electrons. The van der Waals surface area contributed by atoms with Crippen molar-refractivity contribution in [1.29, 1.82) is 0 Å². The zero-order valence-corrected chi connectivity index (χ0v) is 12.8. The quantitative estimate of drug-likeness (QED) is 0.603. The molecule has 0 N–H and O–H groups in total. The zero-order chi connectivity index (χ0) is 15.0. The minimum absolute atomic E-state index is 1.05. The number of fused-ring (bicyclic) bond motifs is 1. The lowest BCUT2D eigenvalue weighted by Gasteiger charge is -2.11. The van der Waals surface area contributed by atoms with Crippen molar-refractivity contribution in [3.8, 4) is 11.3 Å². The van der Waals surface area contributed by atoms with Crippen molar-refractivity contribution in [3.63, 3.8) is 0 Å². The van der Waals surface area contributed by atoms with E-state index in [9.17, 15) is 0 Å². The van der Waals surface area contributed by atoms with Crippen LogP contribution in [0.15, 0.2) is 49.2 Å². The molecule has 0 saturated heterocycles. The fraction of sp³-hybridized carbons (Fsp3) is 0.150. The summed E-state index contributed by atoms with van der Waals surface area (Å²) in [6.07, 6.45) is 3.81. The van der Waals surface area contributed by atoms with Gasteiger partial charge >= 0.3 is 0 Å². The van der Waals surface area contributed by atoms with Gasteiger partial charge in [0, 0.05) is 17.1 Å². The second kappa shape index (κ2) is 5.17. The highest BCUT2D eigenvalue weighted by molar-refractivity contribution is 5.97. The standard InChI is InChI=1S/C20H19N/c1-5-16-6-7-19-18(15(16)4)8-9-21-20(19)17-11-13(2)10-14(3)12-17/h5-12H,1H2,2-4H3. The first-order valence-corrected chi connectivity index (χ1v) is 7.19. The Balaban J connectivity index is 2.33. The first-order valence-electron chi connectivity index (χ1n) is 7.19. The van der Waals surface area contributed by atoms with Gasteiger partial charge in [-0.05, 0) is 55.5 Å². The molecule has 21 heavy (non-hydrogen) atoms. The molecule has 0 saturated carbocycles. The van der Waals surface area contributed by atoms with Crippen LogP contribution >= 0.6 is 0 Å². The van der Waals surface area contributed by atoms with Crippen LogP contribution in [0.5, 0.6) is 0 Å². The maximum absolute atomic E-state index is 4.63. The molecule has 0 spiro atoms. The average Bonchev–Trinajstić information content (AvgIpc) is 2.46. The molecule has 0 aliphatic rings. The average molecular weight is 273 g/mol. The molecule has 1 nitrogen and oxygen atoms in total. The lowest BCUT2D eigenvalue weighted by Crippen LogP contribution is -1.91. The third-order valence-corrected chi connectivity index (χ3v) is 3.97. The SMILES string of the molecule is C=Cc1ccc2c(-c3cc(C)cc(C)c3)nccc2c1C. The number of hydrogen-bond donors (Lipinski definition) is 0.